The molecule has 2 rings (SSSR count). The summed E-state index contributed by atoms with van der Waals surface area (Å²) in [6.45, 7) is 5.52. The molecule has 0 saturated heterocycles. The Hall–Kier alpha value is -0.830. The van der Waals surface area contributed by atoms with Gasteiger partial charge in [0.1, 0.15) is 0 Å². The fraction of sp³-hybridized carbons (Fsp3) is 0.750. The van der Waals surface area contributed by atoms with Crippen LogP contribution in [-0.2, 0) is 7.05 Å². The zero-order valence-electron chi connectivity index (χ0n) is 9.90. The van der Waals surface area contributed by atoms with Crippen LogP contribution in [-0.4, -0.2) is 16.3 Å². The predicted octanol–water partition coefficient (Wildman–Crippen LogP) is 2.12. The molecule has 1 aromatic rings. The highest BCUT2D eigenvalue weighted by molar-refractivity contribution is 5.08. The molecule has 1 aliphatic carbocycles. The molecule has 1 saturated carbocycles. The highest BCUT2D eigenvalue weighted by Crippen LogP contribution is 2.42. The second-order valence-electron chi connectivity index (χ2n) is 4.65. The van der Waals surface area contributed by atoms with Crippen LogP contribution in [0.1, 0.15) is 38.4 Å². The van der Waals surface area contributed by atoms with Crippen molar-refractivity contribution in [3.63, 3.8) is 0 Å². The number of hydrogen-bond acceptors (Lipinski definition) is 2. The zero-order chi connectivity index (χ0) is 10.8. The largest absolute Gasteiger partial charge is 0.309 e. The fourth-order valence-corrected chi connectivity index (χ4v) is 2.27. The number of nitrogens with one attached hydrogen (secondary N) is 1. The molecule has 15 heavy (non-hydrogen) atoms. The summed E-state index contributed by atoms with van der Waals surface area (Å²) < 4.78 is 1.89. The molecule has 0 amide bonds. The number of aromatic nitrogens is 2. The molecular formula is C12H21N3. The molecule has 2 unspecified atom stereocenters. The van der Waals surface area contributed by atoms with E-state index >= 15 is 0 Å². The van der Waals surface area contributed by atoms with Gasteiger partial charge in [-0.3, -0.25) is 4.68 Å². The number of aryl methyl sites for hydroxylation is 1. The van der Waals surface area contributed by atoms with Crippen LogP contribution in [0, 0.1) is 11.8 Å². The van der Waals surface area contributed by atoms with Gasteiger partial charge in [-0.2, -0.15) is 5.10 Å². The average Bonchev–Trinajstić information content (AvgIpc) is 2.98. The van der Waals surface area contributed by atoms with Crippen molar-refractivity contribution in [2.45, 2.75) is 32.7 Å². The molecule has 1 aliphatic rings. The van der Waals surface area contributed by atoms with E-state index in [1.807, 2.05) is 17.9 Å². The van der Waals surface area contributed by atoms with Crippen molar-refractivity contribution in [3.8, 4) is 0 Å². The minimum atomic E-state index is 0.434. The lowest BCUT2D eigenvalue weighted by molar-refractivity contribution is 0.346. The first-order chi connectivity index (χ1) is 7.22. The maximum Gasteiger partial charge on any atom is 0.0796 e. The summed E-state index contributed by atoms with van der Waals surface area (Å²) in [4.78, 5) is 0. The van der Waals surface area contributed by atoms with Gasteiger partial charge in [0.25, 0.3) is 0 Å². The van der Waals surface area contributed by atoms with E-state index in [-0.39, 0.29) is 0 Å². The Labute approximate surface area is 91.9 Å². The van der Waals surface area contributed by atoms with Gasteiger partial charge in [-0.1, -0.05) is 13.8 Å². The standard InChI is InChI=1S/C12H21N3/c1-4-13-12(9(2)10-5-6-10)11-7-8-15(3)14-11/h7-10,12-13H,4-6H2,1-3H3. The second kappa shape index (κ2) is 4.35. The summed E-state index contributed by atoms with van der Waals surface area (Å²) in [5, 5.41) is 8.07. The second-order valence-corrected chi connectivity index (χ2v) is 4.65. The molecule has 84 valence electrons. The predicted molar refractivity (Wildman–Crippen MR) is 61.5 cm³/mol. The van der Waals surface area contributed by atoms with Gasteiger partial charge in [0.2, 0.25) is 0 Å². The van der Waals surface area contributed by atoms with Crippen molar-refractivity contribution in [2.75, 3.05) is 6.54 Å². The summed E-state index contributed by atoms with van der Waals surface area (Å²) in [7, 11) is 1.98. The first-order valence-corrected chi connectivity index (χ1v) is 5.95. The zero-order valence-corrected chi connectivity index (χ0v) is 9.90. The highest BCUT2D eigenvalue weighted by Gasteiger charge is 2.34. The van der Waals surface area contributed by atoms with Crippen LogP contribution >= 0.6 is 0 Å². The summed E-state index contributed by atoms with van der Waals surface area (Å²) >= 11 is 0. The minimum Gasteiger partial charge on any atom is -0.309 e. The summed E-state index contributed by atoms with van der Waals surface area (Å²) in [5.41, 5.74) is 1.19. The summed E-state index contributed by atoms with van der Waals surface area (Å²) in [6, 6.07) is 2.57. The first-order valence-electron chi connectivity index (χ1n) is 5.95. The van der Waals surface area contributed by atoms with E-state index in [0.29, 0.717) is 12.0 Å². The Morgan fingerprint density at radius 3 is 2.80 bits per heavy atom. The Morgan fingerprint density at radius 2 is 2.33 bits per heavy atom. The number of hydrogen-bond donors (Lipinski definition) is 1. The van der Waals surface area contributed by atoms with Crippen molar-refractivity contribution in [3.05, 3.63) is 18.0 Å². The molecule has 1 heterocycles. The molecule has 1 N–H and O–H groups in total. The smallest absolute Gasteiger partial charge is 0.0796 e. The lowest BCUT2D eigenvalue weighted by atomic mass is 9.94. The van der Waals surface area contributed by atoms with Gasteiger partial charge in [0.05, 0.1) is 11.7 Å². The van der Waals surface area contributed by atoms with Crippen LogP contribution < -0.4 is 5.32 Å². The molecule has 0 spiro atoms. The van der Waals surface area contributed by atoms with Crippen molar-refractivity contribution in [2.24, 2.45) is 18.9 Å². The molecule has 0 radical (unpaired) electrons. The topological polar surface area (TPSA) is 29.9 Å². The van der Waals surface area contributed by atoms with E-state index in [4.69, 9.17) is 0 Å². The van der Waals surface area contributed by atoms with Crippen LogP contribution in [0.15, 0.2) is 12.3 Å². The molecule has 0 bridgehead atoms. The van der Waals surface area contributed by atoms with Crippen LogP contribution in [0.2, 0.25) is 0 Å². The van der Waals surface area contributed by atoms with Crippen LogP contribution in [0.3, 0.4) is 0 Å². The van der Waals surface area contributed by atoms with E-state index in [2.05, 4.69) is 30.3 Å². The number of rotatable bonds is 5. The van der Waals surface area contributed by atoms with E-state index in [0.717, 1.165) is 12.5 Å². The van der Waals surface area contributed by atoms with Crippen molar-refractivity contribution in [1.29, 1.82) is 0 Å². The Kier molecular flexibility index (Phi) is 3.10. The summed E-state index contributed by atoms with van der Waals surface area (Å²) in [6.07, 6.45) is 4.82. The minimum absolute atomic E-state index is 0.434. The third-order valence-electron chi connectivity index (χ3n) is 3.37. The van der Waals surface area contributed by atoms with Gasteiger partial charge >= 0.3 is 0 Å². The highest BCUT2D eigenvalue weighted by atomic mass is 15.3. The summed E-state index contributed by atoms with van der Waals surface area (Å²) in [5.74, 6) is 1.62. The number of nitrogens with zero attached hydrogens (tertiary/aromatic N) is 2. The average molecular weight is 207 g/mol. The molecule has 3 heteroatoms. The lowest BCUT2D eigenvalue weighted by Crippen LogP contribution is -2.28. The monoisotopic (exact) mass is 207 g/mol. The van der Waals surface area contributed by atoms with E-state index in [1.54, 1.807) is 0 Å². The van der Waals surface area contributed by atoms with Gasteiger partial charge in [-0.15, -0.1) is 0 Å². The molecule has 1 aromatic heterocycles. The van der Waals surface area contributed by atoms with Crippen LogP contribution in [0.25, 0.3) is 0 Å². The van der Waals surface area contributed by atoms with E-state index < -0.39 is 0 Å². The van der Waals surface area contributed by atoms with Crippen LogP contribution in [0.5, 0.6) is 0 Å². The SMILES string of the molecule is CCNC(c1ccn(C)n1)C(C)C1CC1. The quantitative estimate of drug-likeness (QED) is 0.801. The first kappa shape index (κ1) is 10.7. The Balaban J connectivity index is 2.10. The molecular weight excluding hydrogens is 186 g/mol. The van der Waals surface area contributed by atoms with Gasteiger partial charge < -0.3 is 5.32 Å². The van der Waals surface area contributed by atoms with Gasteiger partial charge in [-0.05, 0) is 37.3 Å². The van der Waals surface area contributed by atoms with Crippen molar-refractivity contribution < 1.29 is 0 Å². The molecule has 0 aliphatic heterocycles. The molecule has 2 atom stereocenters. The lowest BCUT2D eigenvalue weighted by Gasteiger charge is -2.22. The fourth-order valence-electron chi connectivity index (χ4n) is 2.27. The van der Waals surface area contributed by atoms with Crippen molar-refractivity contribution in [1.82, 2.24) is 15.1 Å². The van der Waals surface area contributed by atoms with E-state index in [1.165, 1.54) is 18.5 Å². The molecule has 3 nitrogen and oxygen atoms in total. The normalized spacial score (nSPS) is 20.2. The maximum atomic E-state index is 4.52. The van der Waals surface area contributed by atoms with Gasteiger partial charge in [0.15, 0.2) is 0 Å². The molecule has 0 aromatic carbocycles. The molecule has 1 fully saturated rings. The Morgan fingerprint density at radius 1 is 1.60 bits per heavy atom. The maximum absolute atomic E-state index is 4.52. The van der Waals surface area contributed by atoms with Crippen LogP contribution in [0.4, 0.5) is 0 Å². The Bertz CT molecular complexity index is 314. The van der Waals surface area contributed by atoms with Gasteiger partial charge in [-0.25, -0.2) is 0 Å². The third kappa shape index (κ3) is 2.40. The van der Waals surface area contributed by atoms with E-state index in [9.17, 15) is 0 Å². The van der Waals surface area contributed by atoms with Gasteiger partial charge in [0, 0.05) is 13.2 Å². The van der Waals surface area contributed by atoms with Crippen molar-refractivity contribution >= 4 is 0 Å². The third-order valence-corrected chi connectivity index (χ3v) is 3.37.